The van der Waals surface area contributed by atoms with E-state index < -0.39 is 0 Å². The van der Waals surface area contributed by atoms with Crippen LogP contribution in [0, 0.1) is 0 Å². The van der Waals surface area contributed by atoms with Crippen LogP contribution in [0.2, 0.25) is 0 Å². The molecule has 5 heteroatoms. The molecule has 0 aliphatic carbocycles. The standard InChI is InChI=1S/C15H26N4O/c1-4-14(16)15-6-5-11(8-17-15)19-10-13(20)7-12(19)9-18(2)3/h5-6,8,12-14,20H,4,7,9-10,16H2,1-3H3. The fraction of sp³-hybridized carbons (Fsp3) is 0.667. The fourth-order valence-electron chi connectivity index (χ4n) is 2.80. The van der Waals surface area contributed by atoms with Gasteiger partial charge in [-0.05, 0) is 39.1 Å². The molecule has 3 atom stereocenters. The smallest absolute Gasteiger partial charge is 0.0735 e. The van der Waals surface area contributed by atoms with Gasteiger partial charge in [-0.15, -0.1) is 0 Å². The van der Waals surface area contributed by atoms with Crippen molar-refractivity contribution in [3.63, 3.8) is 0 Å². The van der Waals surface area contributed by atoms with Crippen LogP contribution >= 0.6 is 0 Å². The predicted molar refractivity (Wildman–Crippen MR) is 81.8 cm³/mol. The van der Waals surface area contributed by atoms with Crippen LogP contribution in [-0.4, -0.2) is 54.3 Å². The molecule has 1 aromatic rings. The quantitative estimate of drug-likeness (QED) is 0.841. The Morgan fingerprint density at radius 1 is 1.50 bits per heavy atom. The molecule has 3 N–H and O–H groups in total. The zero-order valence-corrected chi connectivity index (χ0v) is 12.7. The molecule has 1 fully saturated rings. The first-order valence-corrected chi connectivity index (χ1v) is 7.32. The molecule has 1 saturated heterocycles. The van der Waals surface area contributed by atoms with Crippen molar-refractivity contribution >= 4 is 5.69 Å². The summed E-state index contributed by atoms with van der Waals surface area (Å²) in [6, 6.07) is 4.41. The van der Waals surface area contributed by atoms with Crippen LogP contribution in [0.15, 0.2) is 18.3 Å². The van der Waals surface area contributed by atoms with Gasteiger partial charge >= 0.3 is 0 Å². The van der Waals surface area contributed by atoms with Crippen LogP contribution in [0.5, 0.6) is 0 Å². The molecule has 0 saturated carbocycles. The molecule has 2 heterocycles. The van der Waals surface area contributed by atoms with E-state index in [9.17, 15) is 5.11 Å². The van der Waals surface area contributed by atoms with Crippen molar-refractivity contribution in [1.29, 1.82) is 0 Å². The van der Waals surface area contributed by atoms with Gasteiger partial charge in [-0.3, -0.25) is 4.98 Å². The third-order valence-corrected chi connectivity index (χ3v) is 3.89. The molecule has 20 heavy (non-hydrogen) atoms. The van der Waals surface area contributed by atoms with E-state index in [1.54, 1.807) is 0 Å². The Morgan fingerprint density at radius 2 is 2.25 bits per heavy atom. The highest BCUT2D eigenvalue weighted by atomic mass is 16.3. The second kappa shape index (κ2) is 6.52. The summed E-state index contributed by atoms with van der Waals surface area (Å²) in [4.78, 5) is 8.88. The Balaban J connectivity index is 2.12. The summed E-state index contributed by atoms with van der Waals surface area (Å²) >= 11 is 0. The zero-order chi connectivity index (χ0) is 14.7. The van der Waals surface area contributed by atoms with Gasteiger partial charge in [0, 0.05) is 25.2 Å². The predicted octanol–water partition coefficient (Wildman–Crippen LogP) is 0.993. The molecule has 0 aromatic carbocycles. The van der Waals surface area contributed by atoms with Crippen LogP contribution < -0.4 is 10.6 Å². The van der Waals surface area contributed by atoms with Crippen molar-refractivity contribution in [1.82, 2.24) is 9.88 Å². The van der Waals surface area contributed by atoms with Gasteiger partial charge in [0.25, 0.3) is 0 Å². The number of pyridine rings is 1. The molecule has 0 spiro atoms. The van der Waals surface area contributed by atoms with Gasteiger partial charge in [0.15, 0.2) is 0 Å². The monoisotopic (exact) mass is 278 g/mol. The van der Waals surface area contributed by atoms with Crippen LogP contribution in [0.1, 0.15) is 31.5 Å². The minimum atomic E-state index is -0.252. The van der Waals surface area contributed by atoms with Gasteiger partial charge in [0.05, 0.1) is 23.7 Å². The van der Waals surface area contributed by atoms with Gasteiger partial charge in [0.2, 0.25) is 0 Å². The molecule has 0 bridgehead atoms. The lowest BCUT2D eigenvalue weighted by Crippen LogP contribution is -2.37. The maximum absolute atomic E-state index is 9.92. The second-order valence-electron chi connectivity index (χ2n) is 5.91. The summed E-state index contributed by atoms with van der Waals surface area (Å²) in [5.74, 6) is 0. The van der Waals surface area contributed by atoms with Gasteiger partial charge in [-0.25, -0.2) is 0 Å². The lowest BCUT2D eigenvalue weighted by atomic mass is 10.1. The molecule has 1 aliphatic rings. The number of aromatic nitrogens is 1. The van der Waals surface area contributed by atoms with Crippen molar-refractivity contribution < 1.29 is 5.11 Å². The molecule has 0 amide bonds. The Labute approximate surface area is 121 Å². The van der Waals surface area contributed by atoms with E-state index in [0.717, 1.165) is 30.8 Å². The number of likely N-dealkylation sites (N-methyl/N-ethyl adjacent to an activating group) is 1. The number of aliphatic hydroxyl groups excluding tert-OH is 1. The SMILES string of the molecule is CCC(N)c1ccc(N2CC(O)CC2CN(C)C)cn1. The summed E-state index contributed by atoms with van der Waals surface area (Å²) in [7, 11) is 4.12. The van der Waals surface area contributed by atoms with E-state index in [2.05, 4.69) is 41.9 Å². The highest BCUT2D eigenvalue weighted by molar-refractivity contribution is 5.47. The van der Waals surface area contributed by atoms with Crippen molar-refractivity contribution in [2.75, 3.05) is 32.1 Å². The fourth-order valence-corrected chi connectivity index (χ4v) is 2.80. The first kappa shape index (κ1) is 15.2. The lowest BCUT2D eigenvalue weighted by Gasteiger charge is -2.28. The molecular weight excluding hydrogens is 252 g/mol. The van der Waals surface area contributed by atoms with E-state index in [1.165, 1.54) is 0 Å². The number of β-amino-alcohol motifs (C(OH)–C–C–N with tert-alkyl or cyclic N) is 1. The molecule has 1 aliphatic heterocycles. The van der Waals surface area contributed by atoms with Crippen molar-refractivity contribution in [3.8, 4) is 0 Å². The number of hydrogen-bond acceptors (Lipinski definition) is 5. The average molecular weight is 278 g/mol. The summed E-state index contributed by atoms with van der Waals surface area (Å²) in [5, 5.41) is 9.92. The minimum absolute atomic E-state index is 0.00536. The van der Waals surface area contributed by atoms with Crippen molar-refractivity contribution in [2.45, 2.75) is 38.0 Å². The summed E-state index contributed by atoms with van der Waals surface area (Å²) in [6.07, 6.45) is 3.33. The molecular formula is C15H26N4O. The molecule has 3 unspecified atom stereocenters. The summed E-state index contributed by atoms with van der Waals surface area (Å²) in [6.45, 7) is 3.68. The van der Waals surface area contributed by atoms with Gasteiger partial charge in [-0.2, -0.15) is 0 Å². The number of rotatable bonds is 5. The molecule has 0 radical (unpaired) electrons. The van der Waals surface area contributed by atoms with E-state index >= 15 is 0 Å². The third kappa shape index (κ3) is 3.48. The lowest BCUT2D eigenvalue weighted by molar-refractivity contribution is 0.191. The normalized spacial score (nSPS) is 24.4. The average Bonchev–Trinajstić information content (AvgIpc) is 2.78. The molecule has 1 aromatic heterocycles. The second-order valence-corrected chi connectivity index (χ2v) is 5.91. The number of hydrogen-bond donors (Lipinski definition) is 2. The number of nitrogens with two attached hydrogens (primary N) is 1. The van der Waals surface area contributed by atoms with E-state index in [4.69, 9.17) is 5.73 Å². The van der Waals surface area contributed by atoms with E-state index in [1.807, 2.05) is 12.3 Å². The molecule has 5 nitrogen and oxygen atoms in total. The molecule has 112 valence electrons. The highest BCUT2D eigenvalue weighted by Crippen LogP contribution is 2.26. The van der Waals surface area contributed by atoms with Gasteiger partial charge in [0.1, 0.15) is 0 Å². The first-order chi connectivity index (χ1) is 9.51. The van der Waals surface area contributed by atoms with Crippen molar-refractivity contribution in [3.05, 3.63) is 24.0 Å². The summed E-state index contributed by atoms with van der Waals surface area (Å²) in [5.41, 5.74) is 7.99. The van der Waals surface area contributed by atoms with Crippen LogP contribution in [0.25, 0.3) is 0 Å². The number of aliphatic hydroxyl groups is 1. The largest absolute Gasteiger partial charge is 0.391 e. The first-order valence-electron chi connectivity index (χ1n) is 7.32. The van der Waals surface area contributed by atoms with Crippen LogP contribution in [0.3, 0.4) is 0 Å². The number of anilines is 1. The Bertz CT molecular complexity index is 420. The van der Waals surface area contributed by atoms with Crippen molar-refractivity contribution in [2.24, 2.45) is 5.73 Å². The maximum atomic E-state index is 9.92. The van der Waals surface area contributed by atoms with Gasteiger partial charge in [-0.1, -0.05) is 6.92 Å². The maximum Gasteiger partial charge on any atom is 0.0735 e. The topological polar surface area (TPSA) is 65.6 Å². The van der Waals surface area contributed by atoms with Crippen LogP contribution in [-0.2, 0) is 0 Å². The Morgan fingerprint density at radius 3 is 2.80 bits per heavy atom. The molecule has 2 rings (SSSR count). The zero-order valence-electron chi connectivity index (χ0n) is 12.7. The van der Waals surface area contributed by atoms with Gasteiger partial charge < -0.3 is 20.6 Å². The Kier molecular flexibility index (Phi) is 4.96. The minimum Gasteiger partial charge on any atom is -0.391 e. The summed E-state index contributed by atoms with van der Waals surface area (Å²) < 4.78 is 0. The third-order valence-electron chi connectivity index (χ3n) is 3.89. The highest BCUT2D eigenvalue weighted by Gasteiger charge is 2.31. The Hall–Kier alpha value is -1.17. The van der Waals surface area contributed by atoms with E-state index in [0.29, 0.717) is 12.6 Å². The van der Waals surface area contributed by atoms with E-state index in [-0.39, 0.29) is 12.1 Å². The number of nitrogens with zero attached hydrogens (tertiary/aromatic N) is 3. The van der Waals surface area contributed by atoms with Crippen LogP contribution in [0.4, 0.5) is 5.69 Å².